The Morgan fingerprint density at radius 3 is 2.58 bits per heavy atom. The first kappa shape index (κ1) is 13.6. The van der Waals surface area contributed by atoms with Gasteiger partial charge in [0.25, 0.3) is 5.56 Å². The molecule has 0 bridgehead atoms. The molecule has 2 aromatic heterocycles. The molecule has 0 atom stereocenters. The molecular weight excluding hydrogens is 284 g/mol. The average Bonchev–Trinajstić information content (AvgIpc) is 2.79. The molecule has 0 saturated carbocycles. The van der Waals surface area contributed by atoms with Crippen molar-refractivity contribution in [1.29, 1.82) is 5.26 Å². The van der Waals surface area contributed by atoms with E-state index < -0.39 is 11.2 Å². The summed E-state index contributed by atoms with van der Waals surface area (Å²) >= 11 is 2.56. The van der Waals surface area contributed by atoms with Gasteiger partial charge in [-0.25, -0.2) is 9.78 Å². The molecule has 0 aliphatic heterocycles. The van der Waals surface area contributed by atoms with Gasteiger partial charge >= 0.3 is 5.69 Å². The minimum Gasteiger partial charge on any atom is -0.290 e. The summed E-state index contributed by atoms with van der Waals surface area (Å²) in [6, 6.07) is 1.86. The Balaban J connectivity index is 2.67. The van der Waals surface area contributed by atoms with Crippen LogP contribution in [0.5, 0.6) is 0 Å². The van der Waals surface area contributed by atoms with E-state index in [1.165, 1.54) is 30.0 Å². The van der Waals surface area contributed by atoms with Crippen LogP contribution in [0.4, 0.5) is 0 Å². The van der Waals surface area contributed by atoms with E-state index in [4.69, 9.17) is 5.26 Å². The van der Waals surface area contributed by atoms with Crippen molar-refractivity contribution >= 4 is 23.1 Å². The van der Waals surface area contributed by atoms with Crippen LogP contribution in [0.25, 0.3) is 0 Å². The summed E-state index contributed by atoms with van der Waals surface area (Å²) in [6.45, 7) is 1.86. The number of nitriles is 1. The van der Waals surface area contributed by atoms with Crippen molar-refractivity contribution in [3.63, 3.8) is 0 Å². The summed E-state index contributed by atoms with van der Waals surface area (Å²) < 4.78 is 2.91. The second-order valence-electron chi connectivity index (χ2n) is 3.85. The zero-order chi connectivity index (χ0) is 14.2. The van der Waals surface area contributed by atoms with Crippen LogP contribution in [-0.2, 0) is 14.1 Å². The van der Waals surface area contributed by atoms with Gasteiger partial charge in [-0.1, -0.05) is 0 Å². The van der Waals surface area contributed by atoms with E-state index in [1.54, 1.807) is 0 Å². The number of nitrogens with zero attached hydrogens (tertiary/aromatic N) is 4. The Labute approximate surface area is 117 Å². The fourth-order valence-corrected chi connectivity index (χ4v) is 3.40. The zero-order valence-corrected chi connectivity index (χ0v) is 12.1. The van der Waals surface area contributed by atoms with Gasteiger partial charge in [-0.2, -0.15) is 5.26 Å². The smallest absolute Gasteiger partial charge is 0.290 e. The van der Waals surface area contributed by atoms with E-state index in [-0.39, 0.29) is 5.56 Å². The van der Waals surface area contributed by atoms with Gasteiger partial charge in [-0.05, 0) is 18.7 Å². The Morgan fingerprint density at radius 2 is 2.05 bits per heavy atom. The van der Waals surface area contributed by atoms with Crippen LogP contribution >= 0.6 is 23.1 Å². The number of rotatable bonds is 2. The van der Waals surface area contributed by atoms with Crippen LogP contribution in [0.3, 0.4) is 0 Å². The second-order valence-corrected chi connectivity index (χ2v) is 5.95. The largest absolute Gasteiger partial charge is 0.331 e. The minimum atomic E-state index is -0.582. The SMILES string of the molecule is Cc1csc(Sc2c(C#N)c(=O)n(C)c(=O)n2C)n1. The molecule has 2 heterocycles. The number of aromatic nitrogens is 3. The molecule has 0 spiro atoms. The summed E-state index contributed by atoms with van der Waals surface area (Å²) in [5, 5.41) is 11.3. The standard InChI is InChI=1S/C11H10N4O2S2/c1-6-5-18-10(13-6)19-9-7(4-12)8(16)14(2)11(17)15(9)3/h5H,1-3H3. The van der Waals surface area contributed by atoms with Crippen molar-refractivity contribution < 1.29 is 0 Å². The van der Waals surface area contributed by atoms with E-state index in [9.17, 15) is 9.59 Å². The topological polar surface area (TPSA) is 80.7 Å². The first-order valence-corrected chi connectivity index (χ1v) is 6.95. The average molecular weight is 294 g/mol. The van der Waals surface area contributed by atoms with Crippen LogP contribution in [0.2, 0.25) is 0 Å². The fraction of sp³-hybridized carbons (Fsp3) is 0.273. The summed E-state index contributed by atoms with van der Waals surface area (Å²) in [5.41, 5.74) is -0.219. The third-order valence-electron chi connectivity index (χ3n) is 2.50. The molecule has 0 aliphatic rings. The van der Waals surface area contributed by atoms with E-state index in [2.05, 4.69) is 4.98 Å². The molecule has 0 N–H and O–H groups in total. The quantitative estimate of drug-likeness (QED) is 0.768. The Hall–Kier alpha value is -1.85. The number of hydrogen-bond acceptors (Lipinski definition) is 6. The van der Waals surface area contributed by atoms with Crippen molar-refractivity contribution in [3.05, 3.63) is 37.5 Å². The Kier molecular flexibility index (Phi) is 3.59. The first-order chi connectivity index (χ1) is 8.95. The maximum absolute atomic E-state index is 11.9. The molecule has 8 heteroatoms. The molecule has 0 saturated heterocycles. The highest BCUT2D eigenvalue weighted by Crippen LogP contribution is 2.30. The van der Waals surface area contributed by atoms with Gasteiger partial charge < -0.3 is 0 Å². The minimum absolute atomic E-state index is 0.0394. The summed E-state index contributed by atoms with van der Waals surface area (Å²) in [4.78, 5) is 28.0. The summed E-state index contributed by atoms with van der Waals surface area (Å²) in [5.74, 6) is 0. The molecule has 6 nitrogen and oxygen atoms in total. The highest BCUT2D eigenvalue weighted by Gasteiger charge is 2.17. The third kappa shape index (κ3) is 2.34. The van der Waals surface area contributed by atoms with Crippen LogP contribution in [0, 0.1) is 18.3 Å². The predicted octanol–water partition coefficient (Wildman–Crippen LogP) is 0.872. The van der Waals surface area contributed by atoms with Gasteiger partial charge in [0.15, 0.2) is 4.34 Å². The maximum atomic E-state index is 11.9. The zero-order valence-electron chi connectivity index (χ0n) is 10.5. The molecule has 0 aromatic carbocycles. The van der Waals surface area contributed by atoms with E-state index in [0.717, 1.165) is 22.0 Å². The van der Waals surface area contributed by atoms with E-state index in [1.807, 2.05) is 18.4 Å². The molecule has 0 radical (unpaired) electrons. The van der Waals surface area contributed by atoms with Crippen molar-refractivity contribution in [1.82, 2.24) is 14.1 Å². The number of aryl methyl sites for hydroxylation is 1. The highest BCUT2D eigenvalue weighted by molar-refractivity contribution is 8.01. The van der Waals surface area contributed by atoms with Crippen molar-refractivity contribution in [2.24, 2.45) is 14.1 Å². The van der Waals surface area contributed by atoms with Gasteiger partial charge in [0, 0.05) is 25.2 Å². The summed E-state index contributed by atoms with van der Waals surface area (Å²) in [7, 11) is 2.89. The lowest BCUT2D eigenvalue weighted by Gasteiger charge is -2.09. The monoisotopic (exact) mass is 294 g/mol. The molecule has 0 unspecified atom stereocenters. The summed E-state index contributed by atoms with van der Waals surface area (Å²) in [6.07, 6.45) is 0. The van der Waals surface area contributed by atoms with Crippen molar-refractivity contribution in [2.45, 2.75) is 16.3 Å². The van der Waals surface area contributed by atoms with E-state index in [0.29, 0.717) is 9.37 Å². The lowest BCUT2D eigenvalue weighted by molar-refractivity contribution is 0.631. The first-order valence-electron chi connectivity index (χ1n) is 5.25. The van der Waals surface area contributed by atoms with Gasteiger partial charge in [0.05, 0.1) is 0 Å². The van der Waals surface area contributed by atoms with Crippen LogP contribution < -0.4 is 11.2 Å². The van der Waals surface area contributed by atoms with Crippen LogP contribution in [0.15, 0.2) is 24.3 Å². The van der Waals surface area contributed by atoms with Gasteiger partial charge in [0.2, 0.25) is 0 Å². The second kappa shape index (κ2) is 5.03. The lowest BCUT2D eigenvalue weighted by atomic mass is 10.3. The lowest BCUT2D eigenvalue weighted by Crippen LogP contribution is -2.39. The number of hydrogen-bond donors (Lipinski definition) is 0. The normalized spacial score (nSPS) is 10.4. The Bertz CT molecular complexity index is 794. The van der Waals surface area contributed by atoms with Gasteiger partial charge in [-0.15, -0.1) is 11.3 Å². The molecule has 0 amide bonds. The molecule has 0 fully saturated rings. The van der Waals surface area contributed by atoms with Crippen molar-refractivity contribution in [2.75, 3.05) is 0 Å². The van der Waals surface area contributed by atoms with Crippen LogP contribution in [0.1, 0.15) is 11.3 Å². The number of thiazole rings is 1. The maximum Gasteiger partial charge on any atom is 0.331 e. The molecule has 2 rings (SSSR count). The van der Waals surface area contributed by atoms with Crippen molar-refractivity contribution in [3.8, 4) is 6.07 Å². The predicted molar refractivity (Wildman–Crippen MR) is 72.6 cm³/mol. The van der Waals surface area contributed by atoms with Gasteiger partial charge in [-0.3, -0.25) is 13.9 Å². The molecule has 98 valence electrons. The fourth-order valence-electron chi connectivity index (χ4n) is 1.50. The molecular formula is C11H10N4O2S2. The highest BCUT2D eigenvalue weighted by atomic mass is 32.2. The molecule has 19 heavy (non-hydrogen) atoms. The Morgan fingerprint density at radius 1 is 1.37 bits per heavy atom. The molecule has 2 aromatic rings. The van der Waals surface area contributed by atoms with E-state index >= 15 is 0 Å². The van der Waals surface area contributed by atoms with Crippen LogP contribution in [-0.4, -0.2) is 14.1 Å². The molecule has 0 aliphatic carbocycles. The third-order valence-corrected chi connectivity index (χ3v) is 4.73. The van der Waals surface area contributed by atoms with Gasteiger partial charge in [0.1, 0.15) is 16.7 Å².